The predicted molar refractivity (Wildman–Crippen MR) is 87.1 cm³/mol. The summed E-state index contributed by atoms with van der Waals surface area (Å²) in [6.45, 7) is 1.89. The van der Waals surface area contributed by atoms with Gasteiger partial charge in [-0.3, -0.25) is 0 Å². The number of hydrogen-bond donors (Lipinski definition) is 1. The monoisotopic (exact) mass is 352 g/mol. The van der Waals surface area contributed by atoms with Gasteiger partial charge in [-0.1, -0.05) is 18.2 Å². The van der Waals surface area contributed by atoms with Crippen molar-refractivity contribution in [1.29, 1.82) is 0 Å². The molecule has 1 N–H and O–H groups in total. The zero-order valence-electron chi connectivity index (χ0n) is 10.4. The third-order valence-corrected chi connectivity index (χ3v) is 6.16. The first-order chi connectivity index (χ1) is 9.04. The van der Waals surface area contributed by atoms with Crippen LogP contribution >= 0.6 is 38.6 Å². The van der Waals surface area contributed by atoms with Crippen LogP contribution in [0, 0.1) is 0 Å². The van der Waals surface area contributed by atoms with E-state index in [-0.39, 0.29) is 0 Å². The lowest BCUT2D eigenvalue weighted by molar-refractivity contribution is 0.0624. The molecule has 0 aliphatic carbocycles. The van der Waals surface area contributed by atoms with Crippen molar-refractivity contribution < 1.29 is 5.11 Å². The number of rotatable bonds is 3. The third kappa shape index (κ3) is 2.77. The molecule has 0 aliphatic heterocycles. The lowest BCUT2D eigenvalue weighted by atomic mass is 9.99. The minimum Gasteiger partial charge on any atom is -0.384 e. The topological polar surface area (TPSA) is 20.2 Å². The number of benzene rings is 1. The Morgan fingerprint density at radius 2 is 2.05 bits per heavy atom. The van der Waals surface area contributed by atoms with Gasteiger partial charge in [0.05, 0.1) is 0 Å². The first-order valence-electron chi connectivity index (χ1n) is 5.99. The maximum atomic E-state index is 10.8. The second-order valence-electron chi connectivity index (χ2n) is 4.83. The second-order valence-corrected chi connectivity index (χ2v) is 7.83. The van der Waals surface area contributed by atoms with Gasteiger partial charge in [0, 0.05) is 30.7 Å². The van der Waals surface area contributed by atoms with Gasteiger partial charge in [-0.25, -0.2) is 0 Å². The Morgan fingerprint density at radius 1 is 1.26 bits per heavy atom. The standard InChI is InChI=1S/C15H13BrOS2/c1-15(17,8-12-7-11(16)9-18-12)14-6-10-4-2-3-5-13(10)19-14/h2-7,9,17H,8H2,1H3. The molecule has 1 nitrogen and oxygen atoms in total. The fourth-order valence-corrected chi connectivity index (χ4v) is 4.83. The zero-order chi connectivity index (χ0) is 13.5. The Labute approximate surface area is 128 Å². The van der Waals surface area contributed by atoms with E-state index in [1.807, 2.05) is 19.1 Å². The minimum absolute atomic E-state index is 0.649. The molecule has 0 aliphatic rings. The average Bonchev–Trinajstić information content (AvgIpc) is 2.95. The predicted octanol–water partition coefficient (Wildman–Crippen LogP) is 5.18. The molecule has 1 aromatic carbocycles. The molecule has 0 bridgehead atoms. The van der Waals surface area contributed by atoms with Gasteiger partial charge in [-0.15, -0.1) is 22.7 Å². The van der Waals surface area contributed by atoms with Crippen LogP contribution in [-0.4, -0.2) is 5.11 Å². The van der Waals surface area contributed by atoms with Gasteiger partial charge in [-0.2, -0.15) is 0 Å². The number of halogens is 1. The minimum atomic E-state index is -0.812. The fourth-order valence-electron chi connectivity index (χ4n) is 2.12. The smallest absolute Gasteiger partial charge is 0.101 e. The van der Waals surface area contributed by atoms with Gasteiger partial charge < -0.3 is 5.11 Å². The normalized spacial score (nSPS) is 14.7. The quantitative estimate of drug-likeness (QED) is 0.688. The molecule has 2 aromatic heterocycles. The Hall–Kier alpha value is -0.680. The highest BCUT2D eigenvalue weighted by molar-refractivity contribution is 9.10. The molecule has 3 rings (SSSR count). The summed E-state index contributed by atoms with van der Waals surface area (Å²) in [5.41, 5.74) is -0.812. The van der Waals surface area contributed by atoms with Gasteiger partial charge in [0.25, 0.3) is 0 Å². The van der Waals surface area contributed by atoms with Crippen molar-refractivity contribution in [3.8, 4) is 0 Å². The number of hydrogen-bond acceptors (Lipinski definition) is 3. The molecule has 0 fully saturated rings. The molecule has 0 saturated heterocycles. The maximum Gasteiger partial charge on any atom is 0.101 e. The van der Waals surface area contributed by atoms with E-state index in [0.29, 0.717) is 6.42 Å². The van der Waals surface area contributed by atoms with Crippen LogP contribution < -0.4 is 0 Å². The summed E-state index contributed by atoms with van der Waals surface area (Å²) in [5.74, 6) is 0. The zero-order valence-corrected chi connectivity index (χ0v) is 13.6. The van der Waals surface area contributed by atoms with Gasteiger partial charge in [-0.05, 0) is 46.4 Å². The summed E-state index contributed by atoms with van der Waals surface area (Å²) in [6.07, 6.45) is 0.649. The Balaban J connectivity index is 1.94. The van der Waals surface area contributed by atoms with Crippen LogP contribution in [0.2, 0.25) is 0 Å². The lowest BCUT2D eigenvalue weighted by Crippen LogP contribution is -2.22. The van der Waals surface area contributed by atoms with Gasteiger partial charge in [0.1, 0.15) is 5.60 Å². The number of thiophene rings is 2. The second kappa shape index (κ2) is 5.02. The molecule has 19 heavy (non-hydrogen) atoms. The highest BCUT2D eigenvalue weighted by Gasteiger charge is 2.26. The van der Waals surface area contributed by atoms with Gasteiger partial charge in [0.15, 0.2) is 0 Å². The summed E-state index contributed by atoms with van der Waals surface area (Å²) in [6, 6.07) is 12.4. The molecule has 1 unspecified atom stereocenters. The molecular weight excluding hydrogens is 340 g/mol. The Bertz CT molecular complexity index is 679. The SMILES string of the molecule is CC(O)(Cc1cc(Br)cs1)c1cc2ccccc2s1. The third-order valence-electron chi connectivity index (χ3n) is 3.10. The van der Waals surface area contributed by atoms with Crippen molar-refractivity contribution in [1.82, 2.24) is 0 Å². The van der Waals surface area contributed by atoms with Crippen LogP contribution in [0.1, 0.15) is 16.7 Å². The lowest BCUT2D eigenvalue weighted by Gasteiger charge is -2.20. The van der Waals surface area contributed by atoms with Crippen LogP contribution in [0.4, 0.5) is 0 Å². The van der Waals surface area contributed by atoms with Crippen LogP contribution in [0.5, 0.6) is 0 Å². The molecular formula is C15H13BrOS2. The molecule has 0 radical (unpaired) electrons. The molecule has 0 amide bonds. The summed E-state index contributed by atoms with van der Waals surface area (Å²) < 4.78 is 2.31. The van der Waals surface area contributed by atoms with E-state index in [9.17, 15) is 5.11 Å². The molecule has 1 atom stereocenters. The highest BCUT2D eigenvalue weighted by atomic mass is 79.9. The summed E-state index contributed by atoms with van der Waals surface area (Å²) >= 11 is 6.80. The van der Waals surface area contributed by atoms with Crippen molar-refractivity contribution in [2.75, 3.05) is 0 Å². The van der Waals surface area contributed by atoms with Crippen LogP contribution in [0.15, 0.2) is 46.3 Å². The van der Waals surface area contributed by atoms with Crippen molar-refractivity contribution in [3.05, 3.63) is 56.0 Å². The molecule has 0 spiro atoms. The van der Waals surface area contributed by atoms with E-state index >= 15 is 0 Å². The Kier molecular flexibility index (Phi) is 3.52. The van der Waals surface area contributed by atoms with E-state index in [4.69, 9.17) is 0 Å². The fraction of sp³-hybridized carbons (Fsp3) is 0.200. The summed E-state index contributed by atoms with van der Waals surface area (Å²) in [7, 11) is 0. The molecule has 3 aromatic rings. The van der Waals surface area contributed by atoms with Crippen LogP contribution in [-0.2, 0) is 12.0 Å². The summed E-state index contributed by atoms with van der Waals surface area (Å²) in [4.78, 5) is 2.22. The van der Waals surface area contributed by atoms with Crippen molar-refractivity contribution in [2.24, 2.45) is 0 Å². The highest BCUT2D eigenvalue weighted by Crippen LogP contribution is 2.36. The van der Waals surface area contributed by atoms with E-state index in [2.05, 4.69) is 45.6 Å². The van der Waals surface area contributed by atoms with Crippen molar-refractivity contribution in [3.63, 3.8) is 0 Å². The Morgan fingerprint density at radius 3 is 2.74 bits per heavy atom. The molecule has 0 saturated carbocycles. The maximum absolute atomic E-state index is 10.8. The largest absolute Gasteiger partial charge is 0.384 e. The van der Waals surface area contributed by atoms with E-state index in [1.165, 1.54) is 15.0 Å². The van der Waals surface area contributed by atoms with E-state index in [1.54, 1.807) is 22.7 Å². The molecule has 2 heterocycles. The van der Waals surface area contributed by atoms with Crippen LogP contribution in [0.3, 0.4) is 0 Å². The number of fused-ring (bicyclic) bond motifs is 1. The van der Waals surface area contributed by atoms with Crippen molar-refractivity contribution in [2.45, 2.75) is 18.9 Å². The van der Waals surface area contributed by atoms with E-state index < -0.39 is 5.60 Å². The first-order valence-corrected chi connectivity index (χ1v) is 8.48. The summed E-state index contributed by atoms with van der Waals surface area (Å²) in [5, 5.41) is 14.0. The molecule has 4 heteroatoms. The molecule has 98 valence electrons. The van der Waals surface area contributed by atoms with Gasteiger partial charge >= 0.3 is 0 Å². The van der Waals surface area contributed by atoms with Crippen LogP contribution in [0.25, 0.3) is 10.1 Å². The van der Waals surface area contributed by atoms with Crippen molar-refractivity contribution >= 4 is 48.7 Å². The average molecular weight is 353 g/mol. The number of aliphatic hydroxyl groups is 1. The van der Waals surface area contributed by atoms with E-state index in [0.717, 1.165) is 9.35 Å². The first kappa shape index (κ1) is 13.3. The van der Waals surface area contributed by atoms with Gasteiger partial charge in [0.2, 0.25) is 0 Å².